The van der Waals surface area contributed by atoms with Crippen molar-refractivity contribution in [1.29, 1.82) is 0 Å². The lowest BCUT2D eigenvalue weighted by Gasteiger charge is -2.34. The minimum Gasteiger partial charge on any atom is -0.495 e. The van der Waals surface area contributed by atoms with E-state index in [1.54, 1.807) is 6.07 Å². The van der Waals surface area contributed by atoms with Crippen LogP contribution in [0.4, 0.5) is 5.69 Å². The third-order valence-corrected chi connectivity index (χ3v) is 5.84. The molecule has 1 saturated carbocycles. The van der Waals surface area contributed by atoms with E-state index < -0.39 is 10.0 Å². The van der Waals surface area contributed by atoms with Crippen molar-refractivity contribution in [2.24, 2.45) is 0 Å². The predicted octanol–water partition coefficient (Wildman–Crippen LogP) is 2.59. The average molecular weight is 312 g/mol. The van der Waals surface area contributed by atoms with Crippen molar-refractivity contribution in [2.75, 3.05) is 12.8 Å². The van der Waals surface area contributed by atoms with Crippen LogP contribution in [-0.4, -0.2) is 21.1 Å². The fraction of sp³-hybridized carbons (Fsp3) is 0.600. The Morgan fingerprint density at radius 1 is 1.24 bits per heavy atom. The third kappa shape index (κ3) is 3.49. The van der Waals surface area contributed by atoms with Crippen LogP contribution in [0.2, 0.25) is 0 Å². The van der Waals surface area contributed by atoms with Crippen molar-refractivity contribution in [2.45, 2.75) is 56.4 Å². The van der Waals surface area contributed by atoms with E-state index in [2.05, 4.69) is 4.72 Å². The number of benzene rings is 1. The molecule has 0 bridgehead atoms. The summed E-state index contributed by atoms with van der Waals surface area (Å²) in [6.07, 6.45) is 4.97. The fourth-order valence-electron chi connectivity index (χ4n) is 2.86. The molecule has 0 atom stereocenters. The number of hydrogen-bond donors (Lipinski definition) is 2. The highest BCUT2D eigenvalue weighted by atomic mass is 32.2. The van der Waals surface area contributed by atoms with Crippen LogP contribution in [0.1, 0.15) is 44.6 Å². The average Bonchev–Trinajstić information content (AvgIpc) is 2.40. The van der Waals surface area contributed by atoms with Crippen LogP contribution >= 0.6 is 0 Å². The number of aryl methyl sites for hydroxylation is 1. The van der Waals surface area contributed by atoms with E-state index in [1.807, 2.05) is 13.8 Å². The molecule has 21 heavy (non-hydrogen) atoms. The van der Waals surface area contributed by atoms with Gasteiger partial charge in [0.05, 0.1) is 7.11 Å². The maximum absolute atomic E-state index is 12.7. The van der Waals surface area contributed by atoms with Crippen molar-refractivity contribution >= 4 is 15.7 Å². The van der Waals surface area contributed by atoms with Gasteiger partial charge >= 0.3 is 0 Å². The van der Waals surface area contributed by atoms with E-state index in [0.717, 1.165) is 37.7 Å². The zero-order valence-electron chi connectivity index (χ0n) is 12.9. The maximum atomic E-state index is 12.7. The molecule has 1 aliphatic carbocycles. The molecule has 0 aromatic heterocycles. The molecule has 0 aliphatic heterocycles. The van der Waals surface area contributed by atoms with Crippen molar-refractivity contribution in [3.63, 3.8) is 0 Å². The first-order valence-corrected chi connectivity index (χ1v) is 8.74. The van der Waals surface area contributed by atoms with Gasteiger partial charge in [-0.05, 0) is 44.4 Å². The molecule has 0 amide bonds. The topological polar surface area (TPSA) is 81.4 Å². The first-order valence-electron chi connectivity index (χ1n) is 7.25. The van der Waals surface area contributed by atoms with E-state index in [0.29, 0.717) is 11.4 Å². The van der Waals surface area contributed by atoms with Crippen LogP contribution in [-0.2, 0) is 10.0 Å². The molecule has 3 N–H and O–H groups in total. The number of nitrogen functional groups attached to an aromatic ring is 1. The quantitative estimate of drug-likeness (QED) is 0.837. The molecule has 0 radical (unpaired) electrons. The summed E-state index contributed by atoms with van der Waals surface area (Å²) in [6, 6.07) is 3.13. The molecule has 0 heterocycles. The maximum Gasteiger partial charge on any atom is 0.244 e. The van der Waals surface area contributed by atoms with Gasteiger partial charge in [-0.2, -0.15) is 0 Å². The highest BCUT2D eigenvalue weighted by molar-refractivity contribution is 7.89. The molecule has 1 fully saturated rings. The van der Waals surface area contributed by atoms with Gasteiger partial charge in [0.15, 0.2) is 0 Å². The molecule has 0 saturated heterocycles. The summed E-state index contributed by atoms with van der Waals surface area (Å²) < 4.78 is 33.5. The minimum atomic E-state index is -3.66. The van der Waals surface area contributed by atoms with Crippen LogP contribution in [0.5, 0.6) is 5.75 Å². The van der Waals surface area contributed by atoms with Gasteiger partial charge < -0.3 is 10.5 Å². The smallest absolute Gasteiger partial charge is 0.244 e. The van der Waals surface area contributed by atoms with Gasteiger partial charge in [0, 0.05) is 11.2 Å². The molecule has 1 aromatic rings. The van der Waals surface area contributed by atoms with Gasteiger partial charge in [-0.3, -0.25) is 0 Å². The Balaban J connectivity index is 2.37. The number of nitrogens with two attached hydrogens (primary N) is 1. The van der Waals surface area contributed by atoms with Gasteiger partial charge in [0.1, 0.15) is 10.6 Å². The summed E-state index contributed by atoms with van der Waals surface area (Å²) in [5, 5.41) is 0. The van der Waals surface area contributed by atoms with Crippen LogP contribution in [0.15, 0.2) is 17.0 Å². The highest BCUT2D eigenvalue weighted by Gasteiger charge is 2.33. The minimum absolute atomic E-state index is 0.111. The molecule has 118 valence electrons. The summed E-state index contributed by atoms with van der Waals surface area (Å²) >= 11 is 0. The van der Waals surface area contributed by atoms with E-state index in [1.165, 1.54) is 13.2 Å². The zero-order chi connectivity index (χ0) is 15.7. The number of nitrogens with one attached hydrogen (secondary N) is 1. The Kier molecular flexibility index (Phi) is 4.49. The number of ether oxygens (including phenoxy) is 1. The van der Waals surface area contributed by atoms with Gasteiger partial charge in [-0.1, -0.05) is 19.3 Å². The first-order chi connectivity index (χ1) is 9.77. The summed E-state index contributed by atoms with van der Waals surface area (Å²) in [7, 11) is -2.19. The molecule has 2 rings (SSSR count). The standard InChI is InChI=1S/C15H24N2O3S/c1-11-9-13(20-3)14(10-12(11)16)21(18,19)17-15(2)7-5-4-6-8-15/h9-10,17H,4-8,16H2,1-3H3. The molecular weight excluding hydrogens is 288 g/mol. The Hall–Kier alpha value is -1.27. The van der Waals surface area contributed by atoms with Crippen molar-refractivity contribution < 1.29 is 13.2 Å². The lowest BCUT2D eigenvalue weighted by molar-refractivity contribution is 0.293. The number of methoxy groups -OCH3 is 1. The summed E-state index contributed by atoms with van der Waals surface area (Å²) in [5.41, 5.74) is 6.72. The largest absolute Gasteiger partial charge is 0.495 e. The Morgan fingerprint density at radius 3 is 2.43 bits per heavy atom. The van der Waals surface area contributed by atoms with Crippen LogP contribution in [0.3, 0.4) is 0 Å². The summed E-state index contributed by atoms with van der Waals surface area (Å²) in [5.74, 6) is 0.327. The number of sulfonamides is 1. The summed E-state index contributed by atoms with van der Waals surface area (Å²) in [4.78, 5) is 0.111. The molecular formula is C15H24N2O3S. The third-order valence-electron chi connectivity index (χ3n) is 4.18. The molecule has 1 aromatic carbocycles. The van der Waals surface area contributed by atoms with Crippen molar-refractivity contribution in [1.82, 2.24) is 4.72 Å². The SMILES string of the molecule is COc1cc(C)c(N)cc1S(=O)(=O)NC1(C)CCCCC1. The van der Waals surface area contributed by atoms with Gasteiger partial charge in [-0.15, -0.1) is 0 Å². The van der Waals surface area contributed by atoms with E-state index >= 15 is 0 Å². The lowest BCUT2D eigenvalue weighted by Crippen LogP contribution is -2.47. The molecule has 5 nitrogen and oxygen atoms in total. The first kappa shape index (κ1) is 16.1. The van der Waals surface area contributed by atoms with E-state index in [4.69, 9.17) is 10.5 Å². The number of anilines is 1. The Labute approximate surface area is 126 Å². The summed E-state index contributed by atoms with van der Waals surface area (Å²) in [6.45, 7) is 3.79. The predicted molar refractivity (Wildman–Crippen MR) is 84.0 cm³/mol. The van der Waals surface area contributed by atoms with E-state index in [9.17, 15) is 8.42 Å². The fourth-order valence-corrected chi connectivity index (χ4v) is 4.51. The molecule has 1 aliphatic rings. The lowest BCUT2D eigenvalue weighted by atomic mass is 9.84. The van der Waals surface area contributed by atoms with Crippen molar-refractivity contribution in [3.8, 4) is 5.75 Å². The number of rotatable bonds is 4. The van der Waals surface area contributed by atoms with Crippen LogP contribution < -0.4 is 15.2 Å². The zero-order valence-corrected chi connectivity index (χ0v) is 13.7. The molecule has 6 heteroatoms. The van der Waals surface area contributed by atoms with Crippen LogP contribution in [0, 0.1) is 6.92 Å². The monoisotopic (exact) mass is 312 g/mol. The van der Waals surface area contributed by atoms with Gasteiger partial charge in [-0.25, -0.2) is 13.1 Å². The second-order valence-corrected chi connectivity index (χ2v) is 7.74. The molecule has 0 spiro atoms. The highest BCUT2D eigenvalue weighted by Crippen LogP contribution is 2.33. The normalized spacial score (nSPS) is 18.4. The molecule has 0 unspecified atom stereocenters. The van der Waals surface area contributed by atoms with Gasteiger partial charge in [0.2, 0.25) is 10.0 Å². The Bertz CT molecular complexity index is 620. The van der Waals surface area contributed by atoms with Gasteiger partial charge in [0.25, 0.3) is 0 Å². The Morgan fingerprint density at radius 2 is 1.86 bits per heavy atom. The van der Waals surface area contributed by atoms with Crippen LogP contribution in [0.25, 0.3) is 0 Å². The second-order valence-electron chi connectivity index (χ2n) is 6.09. The second kappa shape index (κ2) is 5.85. The van der Waals surface area contributed by atoms with Crippen molar-refractivity contribution in [3.05, 3.63) is 17.7 Å². The number of hydrogen-bond acceptors (Lipinski definition) is 4. The van der Waals surface area contributed by atoms with E-state index in [-0.39, 0.29) is 10.4 Å².